The quantitative estimate of drug-likeness (QED) is 0.668. The summed E-state index contributed by atoms with van der Waals surface area (Å²) in [5.41, 5.74) is 4.11. The van der Waals surface area contributed by atoms with Gasteiger partial charge in [0.15, 0.2) is 0 Å². The standard InChI is InChI=1S/C21H24ClN3O2.ClH/c1-13(2)19(25-20(26)15-5-7-18(22)8-6-15)21(27)24-10-14-3-4-16-11-23-12-17(16)9-14;/h3-9,13,19,23H,10-12H2,1-2H3,(H,24,27)(H,25,26);1H. The Balaban J connectivity index is 0.00000280. The van der Waals surface area contributed by atoms with E-state index >= 15 is 0 Å². The first-order chi connectivity index (χ1) is 12.9. The lowest BCUT2D eigenvalue weighted by molar-refractivity contribution is -0.124. The molecule has 5 nitrogen and oxygen atoms in total. The second kappa shape index (κ2) is 9.92. The minimum absolute atomic E-state index is 0. The zero-order valence-corrected chi connectivity index (χ0v) is 17.5. The molecule has 2 aromatic rings. The van der Waals surface area contributed by atoms with Gasteiger partial charge in [0.1, 0.15) is 6.04 Å². The molecule has 0 radical (unpaired) electrons. The first kappa shape index (κ1) is 22.2. The maximum absolute atomic E-state index is 12.7. The number of fused-ring (bicyclic) bond motifs is 1. The molecule has 28 heavy (non-hydrogen) atoms. The van der Waals surface area contributed by atoms with Gasteiger partial charge >= 0.3 is 0 Å². The normalized spacial score (nSPS) is 13.4. The summed E-state index contributed by atoms with van der Waals surface area (Å²) in [4.78, 5) is 25.1. The Morgan fingerprint density at radius 2 is 1.75 bits per heavy atom. The zero-order valence-electron chi connectivity index (χ0n) is 15.9. The monoisotopic (exact) mass is 421 g/mol. The molecule has 1 heterocycles. The molecule has 0 spiro atoms. The fourth-order valence-corrected chi connectivity index (χ4v) is 3.24. The molecule has 3 N–H and O–H groups in total. The third-order valence-electron chi connectivity index (χ3n) is 4.71. The molecule has 3 rings (SSSR count). The predicted molar refractivity (Wildman–Crippen MR) is 114 cm³/mol. The SMILES string of the molecule is CC(C)C(NC(=O)c1ccc(Cl)cc1)C(=O)NCc1ccc2c(c1)CNC2.Cl. The van der Waals surface area contributed by atoms with Gasteiger partial charge in [-0.3, -0.25) is 9.59 Å². The van der Waals surface area contributed by atoms with Crippen LogP contribution >= 0.6 is 24.0 Å². The molecule has 0 saturated carbocycles. The fraction of sp³-hybridized carbons (Fsp3) is 0.333. The lowest BCUT2D eigenvalue weighted by Gasteiger charge is -2.22. The molecular formula is C21H25Cl2N3O2. The Kier molecular flexibility index (Phi) is 7.87. The van der Waals surface area contributed by atoms with Crippen molar-refractivity contribution in [3.63, 3.8) is 0 Å². The number of carbonyl (C=O) groups is 2. The van der Waals surface area contributed by atoms with Crippen LogP contribution in [0.5, 0.6) is 0 Å². The number of nitrogens with one attached hydrogen (secondary N) is 3. The molecule has 0 bridgehead atoms. The van der Waals surface area contributed by atoms with Crippen LogP contribution in [0.25, 0.3) is 0 Å². The highest BCUT2D eigenvalue weighted by atomic mass is 35.5. The number of benzene rings is 2. The van der Waals surface area contributed by atoms with Crippen molar-refractivity contribution in [1.29, 1.82) is 0 Å². The van der Waals surface area contributed by atoms with E-state index in [4.69, 9.17) is 11.6 Å². The van der Waals surface area contributed by atoms with Gasteiger partial charge in [-0.2, -0.15) is 0 Å². The van der Waals surface area contributed by atoms with E-state index in [1.54, 1.807) is 24.3 Å². The summed E-state index contributed by atoms with van der Waals surface area (Å²) >= 11 is 5.86. The smallest absolute Gasteiger partial charge is 0.251 e. The molecule has 1 unspecified atom stereocenters. The van der Waals surface area contributed by atoms with E-state index in [1.807, 2.05) is 19.9 Å². The van der Waals surface area contributed by atoms with E-state index in [2.05, 4.69) is 28.1 Å². The van der Waals surface area contributed by atoms with Crippen LogP contribution in [0.15, 0.2) is 42.5 Å². The molecule has 150 valence electrons. The van der Waals surface area contributed by atoms with Gasteiger partial charge in [0, 0.05) is 30.2 Å². The summed E-state index contributed by atoms with van der Waals surface area (Å²) in [7, 11) is 0. The van der Waals surface area contributed by atoms with Gasteiger partial charge in [0.05, 0.1) is 0 Å². The first-order valence-electron chi connectivity index (χ1n) is 9.09. The van der Waals surface area contributed by atoms with E-state index in [9.17, 15) is 9.59 Å². The van der Waals surface area contributed by atoms with E-state index in [0.29, 0.717) is 17.1 Å². The van der Waals surface area contributed by atoms with Crippen LogP contribution < -0.4 is 16.0 Å². The van der Waals surface area contributed by atoms with Crippen molar-refractivity contribution in [1.82, 2.24) is 16.0 Å². The third kappa shape index (κ3) is 5.47. The average molecular weight is 422 g/mol. The van der Waals surface area contributed by atoms with Crippen molar-refractivity contribution in [2.24, 2.45) is 5.92 Å². The van der Waals surface area contributed by atoms with Gasteiger partial charge < -0.3 is 16.0 Å². The third-order valence-corrected chi connectivity index (χ3v) is 4.96. The van der Waals surface area contributed by atoms with E-state index in [-0.39, 0.29) is 30.1 Å². The largest absolute Gasteiger partial charge is 0.350 e. The minimum Gasteiger partial charge on any atom is -0.350 e. The number of amides is 2. The van der Waals surface area contributed by atoms with Crippen LogP contribution in [-0.4, -0.2) is 17.9 Å². The Bertz CT molecular complexity index is 838. The van der Waals surface area contributed by atoms with Crippen molar-refractivity contribution in [3.05, 3.63) is 69.7 Å². The first-order valence-corrected chi connectivity index (χ1v) is 9.47. The molecule has 0 fully saturated rings. The molecule has 7 heteroatoms. The Morgan fingerprint density at radius 3 is 2.43 bits per heavy atom. The van der Waals surface area contributed by atoms with Gasteiger partial charge in [-0.15, -0.1) is 12.4 Å². The Morgan fingerprint density at radius 1 is 1.07 bits per heavy atom. The van der Waals surface area contributed by atoms with Gasteiger partial charge in [-0.25, -0.2) is 0 Å². The number of hydrogen-bond donors (Lipinski definition) is 3. The fourth-order valence-electron chi connectivity index (χ4n) is 3.12. The molecule has 0 aliphatic carbocycles. The second-order valence-corrected chi connectivity index (χ2v) is 7.56. The number of carbonyl (C=O) groups excluding carboxylic acids is 2. The summed E-state index contributed by atoms with van der Waals surface area (Å²) in [5.74, 6) is -0.513. The van der Waals surface area contributed by atoms with Crippen molar-refractivity contribution in [2.45, 2.75) is 39.5 Å². The highest BCUT2D eigenvalue weighted by Crippen LogP contribution is 2.17. The van der Waals surface area contributed by atoms with E-state index < -0.39 is 6.04 Å². The van der Waals surface area contributed by atoms with Crippen LogP contribution in [0.1, 0.15) is 40.9 Å². The second-order valence-electron chi connectivity index (χ2n) is 7.13. The molecule has 2 aromatic carbocycles. The lowest BCUT2D eigenvalue weighted by Crippen LogP contribution is -2.49. The average Bonchev–Trinajstić information content (AvgIpc) is 3.12. The van der Waals surface area contributed by atoms with Crippen molar-refractivity contribution >= 4 is 35.8 Å². The lowest BCUT2D eigenvalue weighted by atomic mass is 10.0. The number of hydrogen-bond acceptors (Lipinski definition) is 3. The summed E-state index contributed by atoms with van der Waals surface area (Å²) in [5, 5.41) is 9.64. The molecule has 0 saturated heterocycles. The molecule has 1 atom stereocenters. The Hall–Kier alpha value is -2.08. The maximum atomic E-state index is 12.7. The summed E-state index contributed by atoms with van der Waals surface area (Å²) in [6, 6.07) is 12.2. The predicted octanol–water partition coefficient (Wildman–Crippen LogP) is 3.44. The summed E-state index contributed by atoms with van der Waals surface area (Å²) < 4.78 is 0. The molecule has 1 aliphatic rings. The maximum Gasteiger partial charge on any atom is 0.251 e. The van der Waals surface area contributed by atoms with Gasteiger partial charge in [-0.05, 0) is 46.9 Å². The number of rotatable bonds is 6. The van der Waals surface area contributed by atoms with Crippen LogP contribution in [0, 0.1) is 5.92 Å². The van der Waals surface area contributed by atoms with Gasteiger partial charge in [-0.1, -0.05) is 43.6 Å². The van der Waals surface area contributed by atoms with Crippen LogP contribution in [0.3, 0.4) is 0 Å². The Labute approximate surface area is 176 Å². The summed E-state index contributed by atoms with van der Waals surface area (Å²) in [6.07, 6.45) is 0. The highest BCUT2D eigenvalue weighted by Gasteiger charge is 2.24. The summed E-state index contributed by atoms with van der Waals surface area (Å²) in [6.45, 7) is 6.02. The van der Waals surface area contributed by atoms with Crippen molar-refractivity contribution in [2.75, 3.05) is 0 Å². The minimum atomic E-state index is -0.607. The number of halogens is 2. The van der Waals surface area contributed by atoms with E-state index in [0.717, 1.165) is 18.7 Å². The van der Waals surface area contributed by atoms with Crippen molar-refractivity contribution < 1.29 is 9.59 Å². The van der Waals surface area contributed by atoms with E-state index in [1.165, 1.54) is 11.1 Å². The zero-order chi connectivity index (χ0) is 19.4. The van der Waals surface area contributed by atoms with Crippen LogP contribution in [-0.2, 0) is 24.4 Å². The van der Waals surface area contributed by atoms with Gasteiger partial charge in [0.2, 0.25) is 5.91 Å². The van der Waals surface area contributed by atoms with Gasteiger partial charge in [0.25, 0.3) is 5.91 Å². The van der Waals surface area contributed by atoms with Crippen LogP contribution in [0.4, 0.5) is 0 Å². The molecule has 1 aliphatic heterocycles. The molecular weight excluding hydrogens is 397 g/mol. The molecule has 0 aromatic heterocycles. The topological polar surface area (TPSA) is 70.2 Å². The van der Waals surface area contributed by atoms with Crippen molar-refractivity contribution in [3.8, 4) is 0 Å². The highest BCUT2D eigenvalue weighted by molar-refractivity contribution is 6.30. The molecule has 2 amide bonds. The van der Waals surface area contributed by atoms with Crippen LogP contribution in [0.2, 0.25) is 5.02 Å².